The van der Waals surface area contributed by atoms with Crippen LogP contribution in [0.15, 0.2) is 103 Å². The molecule has 4 rings (SSSR count). The number of para-hydroxylation sites is 2. The van der Waals surface area contributed by atoms with Gasteiger partial charge in [-0.25, -0.2) is 4.79 Å². The minimum Gasteiger partial charge on any atom is -0.491 e. The van der Waals surface area contributed by atoms with Gasteiger partial charge in [0.1, 0.15) is 18.5 Å². The lowest BCUT2D eigenvalue weighted by molar-refractivity contribution is -0.112. The van der Waals surface area contributed by atoms with Crippen LogP contribution < -0.4 is 21.1 Å². The molecular formula is C32H33N3O6. The number of nitrogen functional groups attached to an aromatic ring is 1. The largest absolute Gasteiger partial charge is 0.491 e. The molecule has 0 aliphatic rings. The molecule has 0 aromatic heterocycles. The lowest BCUT2D eigenvalue weighted by atomic mass is 10.0. The van der Waals surface area contributed by atoms with Gasteiger partial charge in [0.05, 0.1) is 23.7 Å². The van der Waals surface area contributed by atoms with E-state index in [-0.39, 0.29) is 19.8 Å². The summed E-state index contributed by atoms with van der Waals surface area (Å²) >= 11 is 0. The molecule has 0 unspecified atom stereocenters. The Morgan fingerprint density at radius 2 is 1.66 bits per heavy atom. The molecule has 0 aliphatic carbocycles. The molecule has 0 saturated heterocycles. The molecule has 4 aromatic carbocycles. The summed E-state index contributed by atoms with van der Waals surface area (Å²) in [5.74, 6) is 0.0581. The maximum Gasteiger partial charge on any atom is 0.412 e. The highest BCUT2D eigenvalue weighted by atomic mass is 16.6. The first-order chi connectivity index (χ1) is 20.0. The van der Waals surface area contributed by atoms with Gasteiger partial charge in [-0.2, -0.15) is 0 Å². The van der Waals surface area contributed by atoms with Crippen LogP contribution in [0.2, 0.25) is 0 Å². The van der Waals surface area contributed by atoms with E-state index in [2.05, 4.69) is 10.6 Å². The standard InChI is InChI=1S/C32H33N3O6/c1-2-39-29(17-18-30(37)34-28-15-6-5-14-26(28)33)31(23-11-7-12-24(21-23)40-20-19-36)41-32(38)35-27-16-8-10-22-9-3-4-13-25(22)27/h3-18,21,29,31,36H,2,19-20,33H2,1H3,(H,34,37)(H,35,38)/b18-17+/t29-,31-/m0/s1. The Labute approximate surface area is 238 Å². The van der Waals surface area contributed by atoms with Gasteiger partial charge in [-0.3, -0.25) is 10.1 Å². The van der Waals surface area contributed by atoms with Gasteiger partial charge in [0.15, 0.2) is 6.10 Å². The Kier molecular flexibility index (Phi) is 10.3. The number of carbonyl (C=O) groups is 2. The molecule has 9 heteroatoms. The Balaban J connectivity index is 1.60. The van der Waals surface area contributed by atoms with E-state index in [0.717, 1.165) is 10.8 Å². The second kappa shape index (κ2) is 14.5. The number of nitrogens with two attached hydrogens (primary N) is 1. The Morgan fingerprint density at radius 3 is 2.46 bits per heavy atom. The molecule has 41 heavy (non-hydrogen) atoms. The van der Waals surface area contributed by atoms with Crippen LogP contribution in [0.5, 0.6) is 5.75 Å². The first kappa shape index (κ1) is 29.1. The van der Waals surface area contributed by atoms with Gasteiger partial charge in [0.2, 0.25) is 5.91 Å². The van der Waals surface area contributed by atoms with Crippen molar-refractivity contribution in [2.24, 2.45) is 0 Å². The van der Waals surface area contributed by atoms with E-state index >= 15 is 0 Å². The summed E-state index contributed by atoms with van der Waals surface area (Å²) < 4.78 is 17.5. The zero-order valence-electron chi connectivity index (χ0n) is 22.7. The molecule has 0 bridgehead atoms. The molecular weight excluding hydrogens is 522 g/mol. The van der Waals surface area contributed by atoms with E-state index in [4.69, 9.17) is 25.1 Å². The van der Waals surface area contributed by atoms with Crippen molar-refractivity contribution in [3.05, 3.63) is 109 Å². The summed E-state index contributed by atoms with van der Waals surface area (Å²) in [5.41, 5.74) is 8.02. The number of anilines is 3. The van der Waals surface area contributed by atoms with Crippen molar-refractivity contribution in [3.8, 4) is 5.75 Å². The zero-order chi connectivity index (χ0) is 29.0. The Bertz CT molecular complexity index is 1500. The summed E-state index contributed by atoms with van der Waals surface area (Å²) in [6, 6.07) is 27.2. The fourth-order valence-corrected chi connectivity index (χ4v) is 4.26. The minimum absolute atomic E-state index is 0.105. The molecule has 0 fully saturated rings. The molecule has 212 valence electrons. The van der Waals surface area contributed by atoms with Gasteiger partial charge in [-0.15, -0.1) is 0 Å². The number of aliphatic hydroxyl groups is 1. The molecule has 0 saturated carbocycles. The molecule has 2 amide bonds. The maximum absolute atomic E-state index is 13.3. The highest BCUT2D eigenvalue weighted by molar-refractivity contribution is 6.01. The number of hydrogen-bond acceptors (Lipinski definition) is 7. The van der Waals surface area contributed by atoms with Crippen LogP contribution in [-0.4, -0.2) is 43.0 Å². The van der Waals surface area contributed by atoms with Crippen molar-refractivity contribution in [1.29, 1.82) is 0 Å². The van der Waals surface area contributed by atoms with Gasteiger partial charge in [-0.1, -0.05) is 60.7 Å². The third-order valence-electron chi connectivity index (χ3n) is 6.12. The molecule has 9 nitrogen and oxygen atoms in total. The average molecular weight is 556 g/mol. The number of carbonyl (C=O) groups excluding carboxylic acids is 2. The average Bonchev–Trinajstić information content (AvgIpc) is 2.98. The molecule has 0 aliphatic heterocycles. The highest BCUT2D eigenvalue weighted by Gasteiger charge is 2.27. The number of hydrogen-bond donors (Lipinski definition) is 4. The summed E-state index contributed by atoms with van der Waals surface area (Å²) in [6.07, 6.45) is 0.374. The van der Waals surface area contributed by atoms with Crippen LogP contribution in [0, 0.1) is 0 Å². The lowest BCUT2D eigenvalue weighted by Crippen LogP contribution is -2.28. The van der Waals surface area contributed by atoms with Gasteiger partial charge < -0.3 is 30.4 Å². The van der Waals surface area contributed by atoms with Gasteiger partial charge >= 0.3 is 6.09 Å². The predicted octanol–water partition coefficient (Wildman–Crippen LogP) is 5.68. The van der Waals surface area contributed by atoms with Gasteiger partial charge in [0, 0.05) is 18.1 Å². The second-order valence-electron chi connectivity index (χ2n) is 8.98. The second-order valence-corrected chi connectivity index (χ2v) is 8.98. The first-order valence-electron chi connectivity index (χ1n) is 13.2. The topological polar surface area (TPSA) is 132 Å². The van der Waals surface area contributed by atoms with Crippen LogP contribution in [0.1, 0.15) is 18.6 Å². The number of aliphatic hydroxyl groups excluding tert-OH is 1. The highest BCUT2D eigenvalue weighted by Crippen LogP contribution is 2.30. The Morgan fingerprint density at radius 1 is 0.927 bits per heavy atom. The molecule has 0 radical (unpaired) electrons. The minimum atomic E-state index is -0.951. The molecule has 2 atom stereocenters. The third-order valence-corrected chi connectivity index (χ3v) is 6.12. The van der Waals surface area contributed by atoms with E-state index in [1.165, 1.54) is 12.2 Å². The fourth-order valence-electron chi connectivity index (χ4n) is 4.26. The summed E-state index contributed by atoms with van der Waals surface area (Å²) in [5, 5.41) is 16.6. The lowest BCUT2D eigenvalue weighted by Gasteiger charge is -2.26. The number of benzene rings is 4. The molecule has 0 heterocycles. The van der Waals surface area contributed by atoms with Gasteiger partial charge in [-0.05, 0) is 54.3 Å². The quantitative estimate of drug-likeness (QED) is 0.131. The first-order valence-corrected chi connectivity index (χ1v) is 13.2. The van der Waals surface area contributed by atoms with Crippen LogP contribution in [0.3, 0.4) is 0 Å². The van der Waals surface area contributed by atoms with Crippen molar-refractivity contribution < 1.29 is 28.9 Å². The van der Waals surface area contributed by atoms with Crippen LogP contribution >= 0.6 is 0 Å². The van der Waals surface area contributed by atoms with Crippen molar-refractivity contribution in [1.82, 2.24) is 0 Å². The molecule has 0 spiro atoms. The smallest absolute Gasteiger partial charge is 0.412 e. The summed E-state index contributed by atoms with van der Waals surface area (Å²) in [7, 11) is 0. The number of rotatable bonds is 12. The zero-order valence-corrected chi connectivity index (χ0v) is 22.7. The number of amides is 2. The van der Waals surface area contributed by atoms with Crippen LogP contribution in [0.25, 0.3) is 10.8 Å². The van der Waals surface area contributed by atoms with Gasteiger partial charge in [0.25, 0.3) is 0 Å². The van der Waals surface area contributed by atoms with Crippen LogP contribution in [-0.2, 0) is 14.3 Å². The van der Waals surface area contributed by atoms with Crippen molar-refractivity contribution >= 4 is 39.8 Å². The molecule has 5 N–H and O–H groups in total. The van der Waals surface area contributed by atoms with E-state index in [1.807, 2.05) is 36.4 Å². The SMILES string of the molecule is CCO[C@@H](/C=C/C(=O)Nc1ccccc1N)[C@@H](OC(=O)Nc1cccc2ccccc12)c1cccc(OCCO)c1. The number of fused-ring (bicyclic) bond motifs is 1. The van der Waals surface area contributed by atoms with Crippen molar-refractivity contribution in [2.45, 2.75) is 19.1 Å². The van der Waals surface area contributed by atoms with E-state index < -0.39 is 24.2 Å². The van der Waals surface area contributed by atoms with Crippen molar-refractivity contribution in [3.63, 3.8) is 0 Å². The number of nitrogens with one attached hydrogen (secondary N) is 2. The maximum atomic E-state index is 13.3. The fraction of sp³-hybridized carbons (Fsp3) is 0.188. The van der Waals surface area contributed by atoms with E-state index in [0.29, 0.717) is 28.4 Å². The predicted molar refractivity (Wildman–Crippen MR) is 160 cm³/mol. The summed E-state index contributed by atoms with van der Waals surface area (Å²) in [6.45, 7) is 2.05. The van der Waals surface area contributed by atoms with E-state index in [1.54, 1.807) is 61.5 Å². The Hall–Kier alpha value is -4.86. The molecule has 4 aromatic rings. The summed E-state index contributed by atoms with van der Waals surface area (Å²) in [4.78, 5) is 26.0. The monoisotopic (exact) mass is 555 g/mol. The normalized spacial score (nSPS) is 12.5. The van der Waals surface area contributed by atoms with Crippen molar-refractivity contribution in [2.75, 3.05) is 36.2 Å². The third kappa shape index (κ3) is 8.07. The number of ether oxygens (including phenoxy) is 3. The van der Waals surface area contributed by atoms with E-state index in [9.17, 15) is 9.59 Å². The van der Waals surface area contributed by atoms with Crippen LogP contribution in [0.4, 0.5) is 21.9 Å².